The van der Waals surface area contributed by atoms with E-state index in [0.717, 1.165) is 12.3 Å². The van der Waals surface area contributed by atoms with Crippen LogP contribution in [0.1, 0.15) is 96.8 Å². The molecule has 4 aromatic rings. The summed E-state index contributed by atoms with van der Waals surface area (Å²) < 4.78 is 1.74. The molecule has 2 aliphatic carbocycles. The van der Waals surface area contributed by atoms with E-state index >= 15 is 0 Å². The van der Waals surface area contributed by atoms with E-state index in [-0.39, 0.29) is 35.6 Å². The molecule has 2 aliphatic rings. The molecule has 0 aromatic heterocycles. The van der Waals surface area contributed by atoms with Crippen LogP contribution in [-0.4, -0.2) is 3.26 Å². The summed E-state index contributed by atoms with van der Waals surface area (Å²) in [5.41, 5.74) is 4.72. The van der Waals surface area contributed by atoms with Gasteiger partial charge in [0.15, 0.2) is 0 Å². The first-order valence-corrected chi connectivity index (χ1v) is 16.8. The second-order valence-corrected chi connectivity index (χ2v) is 15.3. The van der Waals surface area contributed by atoms with Crippen LogP contribution < -0.4 is 0 Å². The fourth-order valence-electron chi connectivity index (χ4n) is 5.54. The Morgan fingerprint density at radius 2 is 1.26 bits per heavy atom. The van der Waals surface area contributed by atoms with Gasteiger partial charge < -0.3 is 0 Å². The van der Waals surface area contributed by atoms with E-state index in [0.29, 0.717) is 0 Å². The predicted octanol–water partition coefficient (Wildman–Crippen LogP) is 11.8. The number of hydrogen-bond acceptors (Lipinski definition) is 0. The molecular weight excluding hydrogens is 718 g/mol. The first-order chi connectivity index (χ1) is 19.0. The zero-order valence-electron chi connectivity index (χ0n) is 26.3. The number of benzene rings is 3. The Kier molecular flexibility index (Phi) is 14.3. The molecule has 0 aliphatic heterocycles. The van der Waals surface area contributed by atoms with E-state index < -0.39 is 0 Å². The van der Waals surface area contributed by atoms with Crippen LogP contribution in [0.4, 0.5) is 0 Å². The van der Waals surface area contributed by atoms with Gasteiger partial charge in [0.05, 0.1) is 0 Å². The molecule has 0 N–H and O–H groups in total. The molecule has 0 nitrogen and oxygen atoms in total. The van der Waals surface area contributed by atoms with Crippen LogP contribution in [0.25, 0.3) is 21.5 Å². The van der Waals surface area contributed by atoms with Crippen molar-refractivity contribution in [2.24, 2.45) is 5.92 Å². The topological polar surface area (TPSA) is 0 Å². The third-order valence-electron chi connectivity index (χ3n) is 8.12. The molecule has 6 rings (SSSR count). The molecule has 0 radical (unpaired) electrons. The summed E-state index contributed by atoms with van der Waals surface area (Å²) >= 11 is 1.23. The molecule has 222 valence electrons. The normalized spacial score (nSPS) is 14.8. The molecule has 42 heavy (non-hydrogen) atoms. The number of halogens is 2. The second-order valence-electron chi connectivity index (χ2n) is 13.4. The molecule has 0 amide bonds. The monoisotopic (exact) mass is 766 g/mol. The van der Waals surface area contributed by atoms with Crippen molar-refractivity contribution in [3.63, 3.8) is 0 Å². The van der Waals surface area contributed by atoms with Gasteiger partial charge in [-0.2, -0.15) is 6.08 Å². The van der Waals surface area contributed by atoms with Gasteiger partial charge in [-0.1, -0.05) is 76.9 Å². The molecule has 0 unspecified atom stereocenters. The van der Waals surface area contributed by atoms with E-state index in [1.54, 1.807) is 3.26 Å². The van der Waals surface area contributed by atoms with Crippen molar-refractivity contribution in [2.75, 3.05) is 0 Å². The van der Waals surface area contributed by atoms with Crippen LogP contribution in [0, 0.1) is 12.0 Å². The van der Waals surface area contributed by atoms with E-state index in [9.17, 15) is 0 Å². The average Bonchev–Trinajstić information content (AvgIpc) is 3.64. The molecule has 3 heteroatoms. The summed E-state index contributed by atoms with van der Waals surface area (Å²) in [7, 11) is 0. The van der Waals surface area contributed by atoms with Gasteiger partial charge >= 0.3 is 101 Å². The van der Waals surface area contributed by atoms with Crippen LogP contribution in [0.3, 0.4) is 0 Å². The van der Waals surface area contributed by atoms with Crippen molar-refractivity contribution in [1.29, 1.82) is 0 Å². The Hall–Kier alpha value is -1.67. The minimum atomic E-state index is 0. The zero-order chi connectivity index (χ0) is 28.8. The van der Waals surface area contributed by atoms with E-state index in [4.69, 9.17) is 0 Å². The summed E-state index contributed by atoms with van der Waals surface area (Å²) in [6.45, 7) is 13.6. The summed E-state index contributed by atoms with van der Waals surface area (Å²) in [5.74, 6) is 0.915. The third-order valence-corrected chi connectivity index (χ3v) is 10.6. The van der Waals surface area contributed by atoms with Crippen molar-refractivity contribution in [2.45, 2.75) is 90.9 Å². The molecular formula is C39H48Cl2Hf. The van der Waals surface area contributed by atoms with E-state index in [2.05, 4.69) is 126 Å². The standard InChI is InChI=1S/C21H25.C13H16.C5H5.2ClH.Hf/c1-20(2,3)16-7-9-18-14(12-16)11-15-13-17(21(4,5)6)8-10-19(15)18;1-3-7-12(8-4-1)11-13-9-5-2-6-10-13;1-2-4-5-3-1;;;/h7-13H,1-6H3;1,3-4,7-8,13H,2,5-6,9-10H2;1-3H,4H2;2*1H;/q-1;;-1;;;+2. The van der Waals surface area contributed by atoms with Gasteiger partial charge in [0, 0.05) is 0 Å². The van der Waals surface area contributed by atoms with Crippen LogP contribution >= 0.6 is 24.8 Å². The molecule has 0 heterocycles. The van der Waals surface area contributed by atoms with Crippen LogP contribution in [0.5, 0.6) is 0 Å². The first kappa shape index (κ1) is 36.5. The Bertz CT molecular complexity index is 1390. The van der Waals surface area contributed by atoms with Crippen molar-refractivity contribution in [1.82, 2.24) is 0 Å². The first-order valence-electron chi connectivity index (χ1n) is 15.0. The van der Waals surface area contributed by atoms with Crippen LogP contribution in [-0.2, 0) is 34.7 Å². The fourth-order valence-corrected chi connectivity index (χ4v) is 7.18. The average molecular weight is 766 g/mol. The van der Waals surface area contributed by atoms with Gasteiger partial charge in [-0.3, -0.25) is 6.08 Å². The van der Waals surface area contributed by atoms with Gasteiger partial charge in [-0.05, 0) is 10.8 Å². The number of rotatable bonds is 2. The molecule has 1 saturated carbocycles. The Labute approximate surface area is 282 Å². The summed E-state index contributed by atoms with van der Waals surface area (Å²) in [6.07, 6.45) is 17.2. The van der Waals surface area contributed by atoms with Crippen LogP contribution in [0.2, 0.25) is 0 Å². The maximum atomic E-state index is 2.99. The van der Waals surface area contributed by atoms with Crippen molar-refractivity contribution < 1.29 is 23.9 Å². The number of allylic oxidation sites excluding steroid dienone is 4. The molecule has 4 aromatic carbocycles. The van der Waals surface area contributed by atoms with Gasteiger partial charge in [0.2, 0.25) is 0 Å². The second kappa shape index (κ2) is 16.4. The summed E-state index contributed by atoms with van der Waals surface area (Å²) in [6, 6.07) is 27.2. The molecule has 0 spiro atoms. The number of hydrogen-bond donors (Lipinski definition) is 0. The molecule has 0 saturated heterocycles. The van der Waals surface area contributed by atoms with Gasteiger partial charge in [0.1, 0.15) is 0 Å². The summed E-state index contributed by atoms with van der Waals surface area (Å²) in [5, 5.41) is 5.48. The Morgan fingerprint density at radius 1 is 0.738 bits per heavy atom. The quantitative estimate of drug-likeness (QED) is 0.141. The van der Waals surface area contributed by atoms with Gasteiger partial charge in [0.25, 0.3) is 0 Å². The third kappa shape index (κ3) is 9.93. The van der Waals surface area contributed by atoms with Crippen molar-refractivity contribution in [3.8, 4) is 0 Å². The molecule has 1 fully saturated rings. The maximum absolute atomic E-state index is 2.99. The zero-order valence-corrected chi connectivity index (χ0v) is 31.5. The van der Waals surface area contributed by atoms with E-state index in [1.807, 2.05) is 12.2 Å². The van der Waals surface area contributed by atoms with Crippen molar-refractivity contribution >= 4 is 49.6 Å². The van der Waals surface area contributed by atoms with Gasteiger partial charge in [-0.15, -0.1) is 71.0 Å². The Balaban J connectivity index is 0.000000253. The molecule has 0 atom stereocenters. The fraction of sp³-hybridized carbons (Fsp3) is 0.385. The number of fused-ring (bicyclic) bond motifs is 3. The summed E-state index contributed by atoms with van der Waals surface area (Å²) in [4.78, 5) is 0. The van der Waals surface area contributed by atoms with E-state index in [1.165, 1.54) is 94.2 Å². The van der Waals surface area contributed by atoms with Crippen LogP contribution in [0.15, 0.2) is 91.0 Å². The predicted molar refractivity (Wildman–Crippen MR) is 188 cm³/mol. The Morgan fingerprint density at radius 3 is 1.67 bits per heavy atom. The van der Waals surface area contributed by atoms with Gasteiger partial charge in [-0.25, -0.2) is 12.2 Å². The molecule has 0 bridgehead atoms. The SMILES string of the molecule is CC(C)(C)c1ccc2c(c1)[cH-]c1cc(C(C)(C)C)ccc12.Cl.Cl.[C-]1=CC=CC1.[Hf+2]=[C](c1ccccc1)C1CCCCC1. The minimum absolute atomic E-state index is 0. The van der Waals surface area contributed by atoms with Crippen molar-refractivity contribution in [3.05, 3.63) is 114 Å².